The Kier molecular flexibility index (Phi) is 3.92. The van der Waals surface area contributed by atoms with E-state index in [1.165, 1.54) is 19.3 Å². The van der Waals surface area contributed by atoms with Crippen LogP contribution in [0.5, 0.6) is 0 Å². The fraction of sp³-hybridized carbons (Fsp3) is 0.529. The number of rotatable bonds is 3. The van der Waals surface area contributed by atoms with Gasteiger partial charge in [-0.2, -0.15) is 0 Å². The van der Waals surface area contributed by atoms with Crippen molar-refractivity contribution in [3.63, 3.8) is 0 Å². The van der Waals surface area contributed by atoms with Crippen molar-refractivity contribution in [3.8, 4) is 0 Å². The maximum Gasteiger partial charge on any atom is 0.235 e. The van der Waals surface area contributed by atoms with Crippen LogP contribution in [0.25, 0.3) is 5.65 Å². The van der Waals surface area contributed by atoms with E-state index in [4.69, 9.17) is 0 Å². The predicted molar refractivity (Wildman–Crippen MR) is 88.3 cm³/mol. The molecule has 126 valence electrons. The van der Waals surface area contributed by atoms with E-state index < -0.39 is 0 Å². The summed E-state index contributed by atoms with van der Waals surface area (Å²) in [6.45, 7) is 0.520. The van der Waals surface area contributed by atoms with Crippen LogP contribution in [0.1, 0.15) is 38.5 Å². The summed E-state index contributed by atoms with van der Waals surface area (Å²) in [5, 5.41) is 10.9. The Balaban J connectivity index is 1.44. The Bertz CT molecular complexity index is 765. The number of hydrogen-bond acceptors (Lipinski definition) is 4. The number of nitrogens with zero attached hydrogens (tertiary/aromatic N) is 4. The molecule has 1 N–H and O–H groups in total. The number of likely N-dealkylation sites (tertiary alicyclic amines) is 1. The zero-order chi connectivity index (χ0) is 16.5. The van der Waals surface area contributed by atoms with Gasteiger partial charge in [0.2, 0.25) is 17.8 Å². The summed E-state index contributed by atoms with van der Waals surface area (Å²) in [5.74, 6) is 0.0441. The molecule has 0 aromatic carbocycles. The number of fused-ring (bicyclic) bond motifs is 1. The van der Waals surface area contributed by atoms with E-state index in [1.54, 1.807) is 10.6 Å². The van der Waals surface area contributed by atoms with E-state index in [0.29, 0.717) is 30.6 Å². The zero-order valence-corrected chi connectivity index (χ0v) is 13.5. The van der Waals surface area contributed by atoms with Gasteiger partial charge in [0.25, 0.3) is 0 Å². The molecule has 2 amide bonds. The lowest BCUT2D eigenvalue weighted by molar-refractivity contribution is -0.130. The Labute approximate surface area is 140 Å². The molecule has 3 heterocycles. The smallest absolute Gasteiger partial charge is 0.235 e. The van der Waals surface area contributed by atoms with Crippen LogP contribution in [0.2, 0.25) is 0 Å². The van der Waals surface area contributed by atoms with Crippen molar-refractivity contribution >= 4 is 23.4 Å². The van der Waals surface area contributed by atoms with Gasteiger partial charge in [0.1, 0.15) is 0 Å². The Hall–Kier alpha value is -2.44. The largest absolute Gasteiger partial charge is 0.339 e. The third-order valence-electron chi connectivity index (χ3n) is 5.09. The van der Waals surface area contributed by atoms with Gasteiger partial charge in [-0.1, -0.05) is 25.3 Å². The number of carbonyl (C=O) groups is 2. The maximum absolute atomic E-state index is 12.6. The Morgan fingerprint density at radius 2 is 2.00 bits per heavy atom. The number of aromatic nitrogens is 3. The van der Waals surface area contributed by atoms with E-state index in [-0.39, 0.29) is 17.7 Å². The first-order valence-corrected chi connectivity index (χ1v) is 8.62. The molecule has 2 aromatic heterocycles. The third-order valence-corrected chi connectivity index (χ3v) is 5.09. The first-order valence-electron chi connectivity index (χ1n) is 8.62. The molecule has 0 bridgehead atoms. The molecule has 4 rings (SSSR count). The number of carbonyl (C=O) groups excluding carboxylic acids is 2. The van der Waals surface area contributed by atoms with Gasteiger partial charge in [0.05, 0.1) is 5.92 Å². The number of amides is 2. The van der Waals surface area contributed by atoms with Crippen LogP contribution in [0.15, 0.2) is 24.4 Å². The fourth-order valence-electron chi connectivity index (χ4n) is 3.79. The Morgan fingerprint density at radius 3 is 2.83 bits per heavy atom. The second-order valence-electron chi connectivity index (χ2n) is 6.68. The molecule has 1 unspecified atom stereocenters. The van der Waals surface area contributed by atoms with Crippen molar-refractivity contribution in [2.75, 3.05) is 11.9 Å². The van der Waals surface area contributed by atoms with E-state index >= 15 is 0 Å². The van der Waals surface area contributed by atoms with E-state index in [1.807, 2.05) is 23.1 Å². The lowest BCUT2D eigenvalue weighted by atomic mass is 9.94. The average molecular weight is 327 g/mol. The minimum atomic E-state index is -0.310. The molecule has 24 heavy (non-hydrogen) atoms. The quantitative estimate of drug-likeness (QED) is 0.933. The van der Waals surface area contributed by atoms with Crippen LogP contribution >= 0.6 is 0 Å². The lowest BCUT2D eigenvalue weighted by Crippen LogP contribution is -2.38. The summed E-state index contributed by atoms with van der Waals surface area (Å²) in [6, 6.07) is 5.87. The summed E-state index contributed by atoms with van der Waals surface area (Å²) >= 11 is 0. The maximum atomic E-state index is 12.6. The summed E-state index contributed by atoms with van der Waals surface area (Å²) in [4.78, 5) is 26.8. The molecule has 1 saturated carbocycles. The molecule has 7 heteroatoms. The molecule has 7 nitrogen and oxygen atoms in total. The lowest BCUT2D eigenvalue weighted by Gasteiger charge is -2.31. The van der Waals surface area contributed by atoms with E-state index in [0.717, 1.165) is 12.8 Å². The minimum Gasteiger partial charge on any atom is -0.339 e. The predicted octanol–water partition coefficient (Wildman–Crippen LogP) is 1.85. The van der Waals surface area contributed by atoms with Crippen molar-refractivity contribution in [1.82, 2.24) is 19.5 Å². The summed E-state index contributed by atoms with van der Waals surface area (Å²) < 4.78 is 1.73. The van der Waals surface area contributed by atoms with Gasteiger partial charge in [-0.05, 0) is 25.0 Å². The highest BCUT2D eigenvalue weighted by Gasteiger charge is 2.38. The first-order chi connectivity index (χ1) is 11.7. The van der Waals surface area contributed by atoms with Crippen molar-refractivity contribution in [1.29, 1.82) is 0 Å². The van der Waals surface area contributed by atoms with Crippen molar-refractivity contribution < 1.29 is 9.59 Å². The molecule has 1 aliphatic carbocycles. The SMILES string of the molecule is O=C(Nc1nnc2ccccn12)C1CC(=O)N(C2CCCCC2)C1. The van der Waals surface area contributed by atoms with Crippen molar-refractivity contribution in [3.05, 3.63) is 24.4 Å². The molecule has 1 atom stereocenters. The molecule has 2 aromatic rings. The summed E-state index contributed by atoms with van der Waals surface area (Å²) in [6.07, 6.45) is 7.83. The average Bonchev–Trinajstić information content (AvgIpc) is 3.20. The van der Waals surface area contributed by atoms with Crippen LogP contribution < -0.4 is 5.32 Å². The van der Waals surface area contributed by atoms with Gasteiger partial charge in [0, 0.05) is 25.2 Å². The number of pyridine rings is 1. The van der Waals surface area contributed by atoms with Crippen LogP contribution in [-0.2, 0) is 9.59 Å². The van der Waals surface area contributed by atoms with Crippen LogP contribution in [0.3, 0.4) is 0 Å². The van der Waals surface area contributed by atoms with E-state index in [9.17, 15) is 9.59 Å². The molecular formula is C17H21N5O2. The zero-order valence-electron chi connectivity index (χ0n) is 13.5. The Morgan fingerprint density at radius 1 is 1.17 bits per heavy atom. The molecule has 1 aliphatic heterocycles. The summed E-state index contributed by atoms with van der Waals surface area (Å²) in [5.41, 5.74) is 0.680. The molecule has 2 fully saturated rings. The van der Waals surface area contributed by atoms with Crippen LogP contribution in [0, 0.1) is 5.92 Å². The normalized spacial score (nSPS) is 22.2. The minimum absolute atomic E-state index is 0.105. The van der Waals surface area contributed by atoms with Gasteiger partial charge in [-0.15, -0.1) is 10.2 Å². The first kappa shape index (κ1) is 15.1. The standard InChI is InChI=1S/C17H21N5O2/c23-15-10-12(11-22(15)13-6-2-1-3-7-13)16(24)18-17-20-19-14-8-4-5-9-21(14)17/h4-5,8-9,12-13H,1-3,6-7,10-11H2,(H,18,20,24). The van der Waals surface area contributed by atoms with Gasteiger partial charge >= 0.3 is 0 Å². The van der Waals surface area contributed by atoms with Crippen molar-refractivity contribution in [2.45, 2.75) is 44.6 Å². The topological polar surface area (TPSA) is 79.6 Å². The van der Waals surface area contributed by atoms with Gasteiger partial charge < -0.3 is 4.90 Å². The second-order valence-corrected chi connectivity index (χ2v) is 6.68. The summed E-state index contributed by atoms with van der Waals surface area (Å²) in [7, 11) is 0. The molecule has 1 saturated heterocycles. The fourth-order valence-corrected chi connectivity index (χ4v) is 3.79. The van der Waals surface area contributed by atoms with Gasteiger partial charge in [-0.25, -0.2) is 0 Å². The number of nitrogens with one attached hydrogen (secondary N) is 1. The van der Waals surface area contributed by atoms with Gasteiger partial charge in [-0.3, -0.25) is 19.3 Å². The van der Waals surface area contributed by atoms with E-state index in [2.05, 4.69) is 15.5 Å². The molecule has 0 radical (unpaired) electrons. The third kappa shape index (κ3) is 2.74. The molecule has 2 aliphatic rings. The molecule has 0 spiro atoms. The second kappa shape index (κ2) is 6.22. The number of hydrogen-bond donors (Lipinski definition) is 1. The number of anilines is 1. The highest BCUT2D eigenvalue weighted by molar-refractivity contribution is 5.96. The highest BCUT2D eigenvalue weighted by atomic mass is 16.2. The highest BCUT2D eigenvalue weighted by Crippen LogP contribution is 2.29. The monoisotopic (exact) mass is 327 g/mol. The van der Waals surface area contributed by atoms with Gasteiger partial charge in [0.15, 0.2) is 5.65 Å². The molecular weight excluding hydrogens is 306 g/mol. The van der Waals surface area contributed by atoms with Crippen molar-refractivity contribution in [2.24, 2.45) is 5.92 Å². The van der Waals surface area contributed by atoms with Crippen LogP contribution in [0.4, 0.5) is 5.95 Å². The van der Waals surface area contributed by atoms with Crippen LogP contribution in [-0.4, -0.2) is 43.9 Å².